The Hall–Kier alpha value is -0.940. The van der Waals surface area contributed by atoms with E-state index in [1.54, 1.807) is 0 Å². The van der Waals surface area contributed by atoms with E-state index in [4.69, 9.17) is 0 Å². The zero-order chi connectivity index (χ0) is 9.92. The molecule has 3 fully saturated rings. The smallest absolute Gasteiger partial charge is 0.257 e. The van der Waals surface area contributed by atoms with Crippen LogP contribution < -0.4 is 10.6 Å². The van der Waals surface area contributed by atoms with Crippen LogP contribution in [0.5, 0.6) is 0 Å². The van der Waals surface area contributed by atoms with Crippen LogP contribution >= 0.6 is 0 Å². The van der Waals surface area contributed by atoms with Crippen molar-refractivity contribution in [2.24, 2.45) is 0 Å². The largest absolute Gasteiger partial charge is 0.346 e. The molecule has 5 heteroatoms. The molecule has 0 spiro atoms. The van der Waals surface area contributed by atoms with Gasteiger partial charge in [-0.3, -0.25) is 19.8 Å². The maximum absolute atomic E-state index is 11.7. The molecule has 1 amide bonds. The number of fused-ring (bicyclic) bond motifs is 2. The third kappa shape index (κ3) is 0.815. The molecule has 0 aromatic heterocycles. The maximum Gasteiger partial charge on any atom is 0.257 e. The van der Waals surface area contributed by atoms with Gasteiger partial charge in [0.2, 0.25) is 0 Å². The molecule has 2 N–H and O–H groups in total. The van der Waals surface area contributed by atoms with Gasteiger partial charge in [0.15, 0.2) is 5.66 Å². The van der Waals surface area contributed by atoms with Gasteiger partial charge in [0.05, 0.1) is 12.6 Å². The van der Waals surface area contributed by atoms with Crippen LogP contribution in [0.2, 0.25) is 0 Å². The van der Waals surface area contributed by atoms with Gasteiger partial charge in [-0.1, -0.05) is 0 Å². The molecule has 0 radical (unpaired) electrons. The summed E-state index contributed by atoms with van der Waals surface area (Å²) in [5.41, 5.74) is -0.418. The predicted molar refractivity (Wildman–Crippen MR) is 48.5 cm³/mol. The summed E-state index contributed by atoms with van der Waals surface area (Å²) in [6.45, 7) is 2.53. The molecule has 0 bridgehead atoms. The molecular weight excluding hydrogens is 182 g/mol. The van der Waals surface area contributed by atoms with Crippen molar-refractivity contribution in [2.45, 2.75) is 31.1 Å². The van der Waals surface area contributed by atoms with Crippen LogP contribution in [0.4, 0.5) is 0 Å². The lowest BCUT2D eigenvalue weighted by Crippen LogP contribution is -2.61. The summed E-state index contributed by atoms with van der Waals surface area (Å²) >= 11 is 0. The fraction of sp³-hybridized carbons (Fsp3) is 0.778. The Morgan fingerprint density at radius 1 is 1.64 bits per heavy atom. The minimum absolute atomic E-state index is 0.00793. The lowest BCUT2D eigenvalue weighted by atomic mass is 9.98. The number of hydrogen-bond donors (Lipinski definition) is 2. The van der Waals surface area contributed by atoms with Crippen molar-refractivity contribution in [3.8, 4) is 0 Å². The average molecular weight is 195 g/mol. The van der Waals surface area contributed by atoms with Crippen LogP contribution in [0.1, 0.15) is 13.3 Å². The van der Waals surface area contributed by atoms with Gasteiger partial charge < -0.3 is 5.32 Å². The van der Waals surface area contributed by atoms with E-state index in [1.165, 1.54) is 6.92 Å². The lowest BCUT2D eigenvalue weighted by molar-refractivity contribution is -0.129. The summed E-state index contributed by atoms with van der Waals surface area (Å²) < 4.78 is 0. The monoisotopic (exact) mass is 195 g/mol. The standard InChI is InChI=1S/C9H13N3O2/c1-5(13)4-10-8(14)9-7-6(12(7)9)2-3-11-9/h6-7,11H,2-4H2,1H3,(H,10,14)/t6-,7-,9?,12?/m0/s1. The third-order valence-electron chi connectivity index (χ3n) is 3.38. The number of piperidine rings is 1. The normalized spacial score (nSPS) is 46.5. The first-order valence-electron chi connectivity index (χ1n) is 4.99. The van der Waals surface area contributed by atoms with Gasteiger partial charge in [-0.25, -0.2) is 0 Å². The quantitative estimate of drug-likeness (QED) is 0.535. The molecule has 3 rings (SSSR count). The van der Waals surface area contributed by atoms with E-state index in [9.17, 15) is 9.59 Å². The van der Waals surface area contributed by atoms with Crippen molar-refractivity contribution in [2.75, 3.05) is 13.1 Å². The Balaban J connectivity index is 1.62. The number of Topliss-reactive ketones (excluding diaryl/α,β-unsaturated/α-hetero) is 1. The van der Waals surface area contributed by atoms with E-state index in [1.807, 2.05) is 0 Å². The van der Waals surface area contributed by atoms with Gasteiger partial charge in [0.1, 0.15) is 5.78 Å². The molecule has 0 aromatic carbocycles. The molecule has 5 nitrogen and oxygen atoms in total. The van der Waals surface area contributed by atoms with Gasteiger partial charge in [-0.15, -0.1) is 0 Å². The Bertz CT molecular complexity index is 318. The second kappa shape index (κ2) is 2.35. The summed E-state index contributed by atoms with van der Waals surface area (Å²) in [5, 5.41) is 5.88. The molecule has 0 aromatic rings. The Kier molecular flexibility index (Phi) is 1.41. The minimum atomic E-state index is -0.418. The first kappa shape index (κ1) is 8.38. The highest BCUT2D eigenvalue weighted by Gasteiger charge is 2.87. The summed E-state index contributed by atoms with van der Waals surface area (Å²) in [7, 11) is 0. The number of nitrogens with one attached hydrogen (secondary N) is 2. The summed E-state index contributed by atoms with van der Waals surface area (Å²) in [5.74, 6) is -0.0416. The Labute approximate surface area is 81.8 Å². The maximum atomic E-state index is 11.7. The number of carbonyl (C=O) groups is 2. The molecule has 3 saturated heterocycles. The van der Waals surface area contributed by atoms with Crippen LogP contribution in [0, 0.1) is 0 Å². The number of ketones is 1. The summed E-state index contributed by atoms with van der Waals surface area (Å²) in [6, 6.07) is 1.06. The minimum Gasteiger partial charge on any atom is -0.346 e. The van der Waals surface area contributed by atoms with Crippen LogP contribution in [0.25, 0.3) is 0 Å². The van der Waals surface area contributed by atoms with Crippen molar-refractivity contribution >= 4 is 11.7 Å². The van der Waals surface area contributed by atoms with E-state index in [2.05, 4.69) is 15.5 Å². The molecule has 0 saturated carbocycles. The van der Waals surface area contributed by atoms with Crippen molar-refractivity contribution in [3.05, 3.63) is 0 Å². The number of rotatable bonds is 3. The zero-order valence-corrected chi connectivity index (χ0v) is 8.04. The van der Waals surface area contributed by atoms with E-state index in [0.717, 1.165) is 13.0 Å². The second-order valence-electron chi connectivity index (χ2n) is 4.29. The highest BCUT2D eigenvalue weighted by atomic mass is 16.2. The molecule has 2 unspecified atom stereocenters. The second-order valence-corrected chi connectivity index (χ2v) is 4.29. The lowest BCUT2D eigenvalue weighted by Gasteiger charge is -2.30. The molecule has 3 aliphatic rings. The molecule has 76 valence electrons. The van der Waals surface area contributed by atoms with E-state index in [0.29, 0.717) is 12.1 Å². The molecule has 4 atom stereocenters. The van der Waals surface area contributed by atoms with E-state index >= 15 is 0 Å². The fourth-order valence-electron chi connectivity index (χ4n) is 2.65. The zero-order valence-electron chi connectivity index (χ0n) is 8.04. The van der Waals surface area contributed by atoms with Crippen LogP contribution in [-0.2, 0) is 9.59 Å². The number of carbonyl (C=O) groups excluding carboxylic acids is 2. The SMILES string of the molecule is CC(=O)CNC(=O)C12NCC[C@H]3[C@@H]1N32. The van der Waals surface area contributed by atoms with Crippen LogP contribution in [-0.4, -0.2) is 47.4 Å². The van der Waals surface area contributed by atoms with E-state index in [-0.39, 0.29) is 18.2 Å². The summed E-state index contributed by atoms with van der Waals surface area (Å²) in [4.78, 5) is 24.6. The average Bonchev–Trinajstić information content (AvgIpc) is 3.04. The van der Waals surface area contributed by atoms with Gasteiger partial charge in [0.25, 0.3) is 5.91 Å². The van der Waals surface area contributed by atoms with Crippen molar-refractivity contribution < 1.29 is 9.59 Å². The Morgan fingerprint density at radius 2 is 2.36 bits per heavy atom. The van der Waals surface area contributed by atoms with Crippen molar-refractivity contribution in [1.29, 1.82) is 0 Å². The van der Waals surface area contributed by atoms with Gasteiger partial charge in [-0.05, 0) is 19.9 Å². The van der Waals surface area contributed by atoms with Crippen LogP contribution in [0.15, 0.2) is 0 Å². The molecule has 14 heavy (non-hydrogen) atoms. The molecule has 0 aliphatic carbocycles. The first-order valence-corrected chi connectivity index (χ1v) is 4.99. The highest BCUT2D eigenvalue weighted by Crippen LogP contribution is 2.62. The topological polar surface area (TPSA) is 61.2 Å². The van der Waals surface area contributed by atoms with Gasteiger partial charge in [0, 0.05) is 6.04 Å². The van der Waals surface area contributed by atoms with Crippen LogP contribution in [0.3, 0.4) is 0 Å². The number of hydrogen-bond acceptors (Lipinski definition) is 4. The molecular formula is C9H13N3O2. The van der Waals surface area contributed by atoms with Crippen molar-refractivity contribution in [1.82, 2.24) is 15.5 Å². The molecule has 3 aliphatic heterocycles. The number of amides is 1. The van der Waals surface area contributed by atoms with Gasteiger partial charge in [-0.2, -0.15) is 0 Å². The summed E-state index contributed by atoms with van der Waals surface area (Å²) in [6.07, 6.45) is 1.15. The van der Waals surface area contributed by atoms with Crippen molar-refractivity contribution in [3.63, 3.8) is 0 Å². The Morgan fingerprint density at radius 3 is 2.93 bits per heavy atom. The third-order valence-corrected chi connectivity index (χ3v) is 3.38. The number of nitrogens with zero attached hydrogens (tertiary/aromatic N) is 1. The van der Waals surface area contributed by atoms with Gasteiger partial charge >= 0.3 is 0 Å². The highest BCUT2D eigenvalue weighted by molar-refractivity contribution is 5.95. The predicted octanol–water partition coefficient (Wildman–Crippen LogP) is -1.55. The first-order chi connectivity index (χ1) is 6.68. The molecule has 3 heterocycles. The van der Waals surface area contributed by atoms with E-state index < -0.39 is 5.66 Å². The fourth-order valence-corrected chi connectivity index (χ4v) is 2.65.